The molecular weight excluding hydrogens is 475 g/mol. The first-order valence-corrected chi connectivity index (χ1v) is 12.6. The summed E-state index contributed by atoms with van der Waals surface area (Å²) in [5, 5.41) is 1.99. The molecule has 0 aliphatic heterocycles. The second-order valence-electron chi connectivity index (χ2n) is 11.2. The lowest BCUT2D eigenvalue weighted by atomic mass is 9.50. The predicted molar refractivity (Wildman–Crippen MR) is 133 cm³/mol. The zero-order valence-corrected chi connectivity index (χ0v) is 21.7. The minimum absolute atomic E-state index is 0.0319. The monoisotopic (exact) mass is 507 g/mol. The fourth-order valence-electron chi connectivity index (χ4n) is 6.68. The Bertz CT molecular complexity index is 1140. The van der Waals surface area contributed by atoms with Crippen LogP contribution < -0.4 is 10.1 Å². The molecule has 0 bridgehead atoms. The van der Waals surface area contributed by atoms with E-state index in [-0.39, 0.29) is 22.4 Å². The highest BCUT2D eigenvalue weighted by Crippen LogP contribution is 2.58. The molecule has 0 saturated heterocycles. The van der Waals surface area contributed by atoms with Crippen molar-refractivity contribution in [3.63, 3.8) is 0 Å². The van der Waals surface area contributed by atoms with Crippen LogP contribution in [0.2, 0.25) is 5.02 Å². The molecule has 1 saturated carbocycles. The van der Waals surface area contributed by atoms with Gasteiger partial charge < -0.3 is 4.74 Å². The van der Waals surface area contributed by atoms with Gasteiger partial charge in [0.25, 0.3) is 0 Å². The van der Waals surface area contributed by atoms with E-state index in [2.05, 4.69) is 46.0 Å². The number of hydrogen-bond acceptors (Lipinski definition) is 2. The van der Waals surface area contributed by atoms with E-state index in [0.717, 1.165) is 37.0 Å². The maximum absolute atomic E-state index is 13.2. The van der Waals surface area contributed by atoms with E-state index in [1.807, 2.05) is 6.07 Å². The van der Waals surface area contributed by atoms with Gasteiger partial charge in [0.15, 0.2) is 0 Å². The van der Waals surface area contributed by atoms with Crippen molar-refractivity contribution in [3.8, 4) is 5.75 Å². The number of ether oxygens (including phenoxy) is 1. The van der Waals surface area contributed by atoms with Crippen LogP contribution in [0.1, 0.15) is 88.5 Å². The van der Waals surface area contributed by atoms with E-state index in [0.29, 0.717) is 11.7 Å². The third-order valence-corrected chi connectivity index (χ3v) is 8.47. The maximum atomic E-state index is 13.2. The summed E-state index contributed by atoms with van der Waals surface area (Å²) in [6.45, 7) is 11.3. The number of benzene rings is 2. The van der Waals surface area contributed by atoms with Gasteiger partial charge in [0.1, 0.15) is 5.75 Å². The molecule has 2 aliphatic rings. The molecule has 2 aliphatic carbocycles. The van der Waals surface area contributed by atoms with E-state index < -0.39 is 22.9 Å². The van der Waals surface area contributed by atoms with Crippen molar-refractivity contribution in [1.82, 2.24) is 0 Å². The number of rotatable bonds is 3. The Morgan fingerprint density at radius 2 is 1.86 bits per heavy atom. The van der Waals surface area contributed by atoms with Gasteiger partial charge in [-0.3, -0.25) is 5.32 Å². The normalized spacial score (nSPS) is 23.4. The zero-order chi connectivity index (χ0) is 25.8. The lowest BCUT2D eigenvalue weighted by Gasteiger charge is -2.54. The molecule has 35 heavy (non-hydrogen) atoms. The van der Waals surface area contributed by atoms with E-state index >= 15 is 0 Å². The van der Waals surface area contributed by atoms with Gasteiger partial charge in [-0.2, -0.15) is 13.2 Å². The average molecular weight is 508 g/mol. The summed E-state index contributed by atoms with van der Waals surface area (Å²) >= 11 is 5.68. The van der Waals surface area contributed by atoms with Gasteiger partial charge in [0, 0.05) is 11.3 Å². The van der Waals surface area contributed by atoms with Crippen molar-refractivity contribution in [3.05, 3.63) is 57.6 Å². The van der Waals surface area contributed by atoms with Crippen LogP contribution in [0, 0.1) is 11.3 Å². The Morgan fingerprint density at radius 3 is 2.51 bits per heavy atom. The van der Waals surface area contributed by atoms with Crippen molar-refractivity contribution in [1.29, 1.82) is 0 Å². The molecule has 4 rings (SSSR count). The van der Waals surface area contributed by atoms with Crippen LogP contribution >= 0.6 is 11.6 Å². The predicted octanol–water partition coefficient (Wildman–Crippen LogP) is 9.12. The Morgan fingerprint density at radius 1 is 1.14 bits per heavy atom. The van der Waals surface area contributed by atoms with Gasteiger partial charge in [0.2, 0.25) is 0 Å². The number of carbonyl (C=O) groups excluding carboxylic acids is 1. The first-order chi connectivity index (χ1) is 16.2. The zero-order valence-electron chi connectivity index (χ0n) is 20.9. The highest BCUT2D eigenvalue weighted by atomic mass is 35.5. The number of carbonyl (C=O) groups is 1. The lowest BCUT2D eigenvalue weighted by Crippen LogP contribution is -2.48. The van der Waals surface area contributed by atoms with Crippen molar-refractivity contribution in [2.24, 2.45) is 11.3 Å². The molecule has 3 nitrogen and oxygen atoms in total. The number of hydrogen-bond donors (Lipinski definition) is 1. The summed E-state index contributed by atoms with van der Waals surface area (Å²) in [5.41, 5.74) is 2.94. The van der Waals surface area contributed by atoms with Crippen LogP contribution in [-0.2, 0) is 18.0 Å². The molecule has 7 heteroatoms. The van der Waals surface area contributed by atoms with E-state index in [9.17, 15) is 18.0 Å². The summed E-state index contributed by atoms with van der Waals surface area (Å²) in [6, 6.07) is 7.20. The molecular formula is C28H33ClF3NO2. The molecule has 1 N–H and O–H groups in total. The Hall–Kier alpha value is -2.21. The van der Waals surface area contributed by atoms with Crippen LogP contribution in [0.15, 0.2) is 30.3 Å². The van der Waals surface area contributed by atoms with E-state index in [1.54, 1.807) is 0 Å². The number of alkyl halides is 3. The summed E-state index contributed by atoms with van der Waals surface area (Å²) < 4.78 is 45.2. The van der Waals surface area contributed by atoms with Gasteiger partial charge in [0.05, 0.1) is 10.6 Å². The summed E-state index contributed by atoms with van der Waals surface area (Å²) in [7, 11) is 0. The van der Waals surface area contributed by atoms with Gasteiger partial charge in [-0.25, -0.2) is 4.79 Å². The SMILES string of the molecule is CC(C)c1c(OC(=O)Nc2ccc(Cl)c(C(F)(F)F)c2)ccc2c1CCC1C(C)(C)CCC[C@]21C. The lowest BCUT2D eigenvalue weighted by molar-refractivity contribution is -0.137. The van der Waals surface area contributed by atoms with Gasteiger partial charge in [-0.15, -0.1) is 0 Å². The van der Waals surface area contributed by atoms with Crippen molar-refractivity contribution < 1.29 is 22.7 Å². The van der Waals surface area contributed by atoms with Crippen LogP contribution in [0.5, 0.6) is 5.75 Å². The first-order valence-electron chi connectivity index (χ1n) is 12.3. The maximum Gasteiger partial charge on any atom is 0.417 e. The number of amides is 1. The summed E-state index contributed by atoms with van der Waals surface area (Å²) in [4.78, 5) is 12.7. The first kappa shape index (κ1) is 25.9. The molecule has 0 radical (unpaired) electrons. The number of halogens is 4. The van der Waals surface area contributed by atoms with Gasteiger partial charge in [-0.1, -0.05) is 58.7 Å². The second-order valence-corrected chi connectivity index (χ2v) is 11.6. The molecule has 0 spiro atoms. The van der Waals surface area contributed by atoms with E-state index in [1.165, 1.54) is 30.0 Å². The van der Waals surface area contributed by atoms with Crippen molar-refractivity contribution in [2.45, 2.75) is 84.2 Å². The third-order valence-electron chi connectivity index (χ3n) is 8.14. The molecule has 1 fully saturated rings. The number of nitrogens with one attached hydrogen (secondary N) is 1. The Labute approximate surface area is 210 Å². The van der Waals surface area contributed by atoms with Crippen molar-refractivity contribution >= 4 is 23.4 Å². The Kier molecular flexibility index (Phi) is 6.67. The number of anilines is 1. The second kappa shape index (κ2) is 9.02. The van der Waals surface area contributed by atoms with Crippen LogP contribution in [0.3, 0.4) is 0 Å². The highest BCUT2D eigenvalue weighted by Gasteiger charge is 2.50. The van der Waals surface area contributed by atoms with Crippen LogP contribution in [0.25, 0.3) is 0 Å². The fraction of sp³-hybridized carbons (Fsp3) is 0.536. The molecule has 190 valence electrons. The van der Waals surface area contributed by atoms with E-state index in [4.69, 9.17) is 16.3 Å². The highest BCUT2D eigenvalue weighted by molar-refractivity contribution is 6.31. The number of fused-ring (bicyclic) bond motifs is 3. The summed E-state index contributed by atoms with van der Waals surface area (Å²) in [5.74, 6) is 1.18. The molecule has 2 aromatic rings. The summed E-state index contributed by atoms with van der Waals surface area (Å²) in [6.07, 6.45) is 0.142. The molecule has 0 aromatic heterocycles. The quantitative estimate of drug-likeness (QED) is 0.449. The average Bonchev–Trinajstić information content (AvgIpc) is 2.73. The van der Waals surface area contributed by atoms with Gasteiger partial charge in [-0.05, 0) is 83.7 Å². The van der Waals surface area contributed by atoms with Crippen molar-refractivity contribution in [2.75, 3.05) is 5.32 Å². The molecule has 2 aromatic carbocycles. The Balaban J connectivity index is 1.63. The third kappa shape index (κ3) is 4.78. The minimum Gasteiger partial charge on any atom is -0.410 e. The molecule has 0 heterocycles. The van der Waals surface area contributed by atoms with Gasteiger partial charge >= 0.3 is 12.3 Å². The minimum atomic E-state index is -4.62. The smallest absolute Gasteiger partial charge is 0.410 e. The van der Waals surface area contributed by atoms with Crippen LogP contribution in [0.4, 0.5) is 23.7 Å². The topological polar surface area (TPSA) is 38.3 Å². The van der Waals surface area contributed by atoms with Crippen LogP contribution in [-0.4, -0.2) is 6.09 Å². The molecule has 1 amide bonds. The standard InChI is InChI=1S/C28H33ClF3NO2/c1-16(2)24-18-8-12-23-26(3,4)13-6-14-27(23,5)19(18)9-11-22(24)35-25(34)33-17-7-10-21(29)20(15-17)28(30,31)32/h7,9-11,15-16,23H,6,8,12-14H2,1-5H3,(H,33,34)/t23?,27-/m1/s1. The molecule has 2 atom stereocenters. The largest absolute Gasteiger partial charge is 0.417 e. The fourth-order valence-corrected chi connectivity index (χ4v) is 6.90. The molecule has 1 unspecified atom stereocenters.